The van der Waals surface area contributed by atoms with Crippen molar-refractivity contribution < 1.29 is 4.79 Å². The molecular weight excluding hydrogens is 328 g/mol. The Hall–Kier alpha value is -1.86. The maximum absolute atomic E-state index is 12.6. The fourth-order valence-corrected chi connectivity index (χ4v) is 3.90. The molecule has 1 aromatic carbocycles. The van der Waals surface area contributed by atoms with E-state index < -0.39 is 0 Å². The Balaban J connectivity index is 1.92. The van der Waals surface area contributed by atoms with Crippen molar-refractivity contribution in [3.63, 3.8) is 0 Å². The number of carbonyl (C=O) groups is 1. The van der Waals surface area contributed by atoms with E-state index in [1.165, 1.54) is 11.3 Å². The number of hydrogen-bond donors (Lipinski definition) is 1. The lowest BCUT2D eigenvalue weighted by Gasteiger charge is -2.09. The first kappa shape index (κ1) is 16.0. The van der Waals surface area contributed by atoms with Crippen molar-refractivity contribution >= 4 is 44.4 Å². The van der Waals surface area contributed by atoms with Crippen LogP contribution in [0, 0.1) is 6.92 Å². The van der Waals surface area contributed by atoms with E-state index >= 15 is 0 Å². The highest BCUT2D eigenvalue weighted by molar-refractivity contribution is 7.98. The second-order valence-corrected chi connectivity index (χ2v) is 7.37. The van der Waals surface area contributed by atoms with Crippen molar-refractivity contribution in [2.24, 2.45) is 0 Å². The van der Waals surface area contributed by atoms with Crippen LogP contribution >= 0.6 is 23.1 Å². The van der Waals surface area contributed by atoms with E-state index in [1.54, 1.807) is 22.5 Å². The molecule has 7 heteroatoms. The van der Waals surface area contributed by atoms with Gasteiger partial charge in [0, 0.05) is 10.9 Å². The van der Waals surface area contributed by atoms with Crippen molar-refractivity contribution in [1.29, 1.82) is 0 Å². The number of thioether (sulfide) groups is 1. The number of aryl methyl sites for hydroxylation is 1. The number of aromatic nitrogens is 3. The van der Waals surface area contributed by atoms with E-state index in [2.05, 4.69) is 15.4 Å². The number of hydrogen-bond acceptors (Lipinski definition) is 5. The van der Waals surface area contributed by atoms with Gasteiger partial charge in [-0.3, -0.25) is 14.8 Å². The average molecular weight is 346 g/mol. The second-order valence-electron chi connectivity index (χ2n) is 5.49. The van der Waals surface area contributed by atoms with Gasteiger partial charge < -0.3 is 0 Å². The third kappa shape index (κ3) is 3.11. The van der Waals surface area contributed by atoms with Gasteiger partial charge in [-0.25, -0.2) is 4.98 Å². The lowest BCUT2D eigenvalue weighted by molar-refractivity contribution is 0.101. The number of rotatable bonds is 4. The molecule has 2 heterocycles. The summed E-state index contributed by atoms with van der Waals surface area (Å²) in [5.41, 5.74) is 2.33. The first-order chi connectivity index (χ1) is 11.0. The Morgan fingerprint density at radius 1 is 1.39 bits per heavy atom. The Labute approximate surface area is 143 Å². The number of nitrogens with zero attached hydrogens (tertiary/aromatic N) is 3. The average Bonchev–Trinajstić information content (AvgIpc) is 3.09. The summed E-state index contributed by atoms with van der Waals surface area (Å²) in [6.07, 6.45) is 2.02. The Kier molecular flexibility index (Phi) is 4.41. The first-order valence-electron chi connectivity index (χ1n) is 7.30. The summed E-state index contributed by atoms with van der Waals surface area (Å²) >= 11 is 3.14. The lowest BCUT2D eigenvalue weighted by Crippen LogP contribution is -2.18. The minimum atomic E-state index is -0.177. The molecule has 23 heavy (non-hydrogen) atoms. The van der Waals surface area contributed by atoms with Gasteiger partial charge in [0.15, 0.2) is 5.13 Å². The van der Waals surface area contributed by atoms with Crippen LogP contribution in [0.4, 0.5) is 5.13 Å². The minimum absolute atomic E-state index is 0.128. The van der Waals surface area contributed by atoms with Crippen LogP contribution in [0.5, 0.6) is 0 Å². The van der Waals surface area contributed by atoms with Gasteiger partial charge in [-0.15, -0.1) is 11.8 Å². The fourth-order valence-electron chi connectivity index (χ4n) is 2.38. The number of carbonyl (C=O) groups excluding carboxylic acids is 1. The van der Waals surface area contributed by atoms with Gasteiger partial charge in [-0.05, 0) is 45.2 Å². The number of para-hydroxylation sites is 1. The molecule has 0 atom stereocenters. The van der Waals surface area contributed by atoms with Crippen LogP contribution < -0.4 is 5.32 Å². The molecule has 3 rings (SSSR count). The van der Waals surface area contributed by atoms with E-state index in [1.807, 2.05) is 45.2 Å². The van der Waals surface area contributed by atoms with Gasteiger partial charge in [0.1, 0.15) is 5.69 Å². The molecule has 0 aliphatic rings. The summed E-state index contributed by atoms with van der Waals surface area (Å²) in [4.78, 5) is 18.3. The van der Waals surface area contributed by atoms with Gasteiger partial charge in [-0.2, -0.15) is 5.10 Å². The topological polar surface area (TPSA) is 59.8 Å². The summed E-state index contributed by atoms with van der Waals surface area (Å²) in [5.74, 6) is -0.177. The Morgan fingerprint density at radius 3 is 2.87 bits per heavy atom. The number of anilines is 1. The maximum atomic E-state index is 12.6. The van der Waals surface area contributed by atoms with Crippen LogP contribution in [-0.4, -0.2) is 26.9 Å². The summed E-state index contributed by atoms with van der Waals surface area (Å²) in [7, 11) is 0. The van der Waals surface area contributed by atoms with Gasteiger partial charge in [-0.1, -0.05) is 17.4 Å². The van der Waals surface area contributed by atoms with E-state index in [0.29, 0.717) is 10.8 Å². The summed E-state index contributed by atoms with van der Waals surface area (Å²) in [5, 5.41) is 7.90. The first-order valence-corrected chi connectivity index (χ1v) is 9.34. The molecule has 0 fully saturated rings. The molecule has 3 aromatic rings. The smallest absolute Gasteiger partial charge is 0.275 e. The maximum Gasteiger partial charge on any atom is 0.275 e. The molecule has 0 saturated heterocycles. The zero-order valence-electron chi connectivity index (χ0n) is 13.5. The lowest BCUT2D eigenvalue weighted by atomic mass is 10.3. The quantitative estimate of drug-likeness (QED) is 0.713. The van der Waals surface area contributed by atoms with E-state index in [9.17, 15) is 4.79 Å². The zero-order valence-corrected chi connectivity index (χ0v) is 15.1. The highest BCUT2D eigenvalue weighted by Crippen LogP contribution is 2.32. The molecule has 1 amide bonds. The van der Waals surface area contributed by atoms with Crippen LogP contribution in [0.2, 0.25) is 0 Å². The predicted octanol–water partition coefficient (Wildman–Crippen LogP) is 4.36. The van der Waals surface area contributed by atoms with Crippen molar-refractivity contribution in [2.75, 3.05) is 11.6 Å². The van der Waals surface area contributed by atoms with Crippen molar-refractivity contribution in [2.45, 2.75) is 31.7 Å². The molecule has 0 aliphatic heterocycles. The van der Waals surface area contributed by atoms with Crippen molar-refractivity contribution in [1.82, 2.24) is 14.8 Å². The minimum Gasteiger partial charge on any atom is -0.296 e. The SMILES string of the molecule is CSc1cccc2sc(NC(=O)c3cc(C)nn3C(C)C)nc12. The third-order valence-electron chi connectivity index (χ3n) is 3.40. The van der Waals surface area contributed by atoms with Gasteiger partial charge in [0.25, 0.3) is 5.91 Å². The van der Waals surface area contributed by atoms with Crippen LogP contribution in [-0.2, 0) is 0 Å². The van der Waals surface area contributed by atoms with E-state index in [0.717, 1.165) is 20.8 Å². The molecule has 0 spiro atoms. The summed E-state index contributed by atoms with van der Waals surface area (Å²) in [6, 6.07) is 7.99. The Morgan fingerprint density at radius 2 is 2.17 bits per heavy atom. The largest absolute Gasteiger partial charge is 0.296 e. The summed E-state index contributed by atoms with van der Waals surface area (Å²) in [6.45, 7) is 5.90. The number of amides is 1. The van der Waals surface area contributed by atoms with E-state index in [-0.39, 0.29) is 11.9 Å². The predicted molar refractivity (Wildman–Crippen MR) is 96.7 cm³/mol. The molecule has 0 radical (unpaired) electrons. The molecular formula is C16H18N4OS2. The highest BCUT2D eigenvalue weighted by Gasteiger charge is 2.18. The van der Waals surface area contributed by atoms with Gasteiger partial charge >= 0.3 is 0 Å². The molecule has 1 N–H and O–H groups in total. The molecule has 0 saturated carbocycles. The van der Waals surface area contributed by atoms with Crippen LogP contribution in [0.15, 0.2) is 29.2 Å². The second kappa shape index (κ2) is 6.33. The molecule has 0 aliphatic carbocycles. The van der Waals surface area contributed by atoms with Gasteiger partial charge in [0.2, 0.25) is 0 Å². The van der Waals surface area contributed by atoms with Crippen LogP contribution in [0.3, 0.4) is 0 Å². The number of fused-ring (bicyclic) bond motifs is 1. The van der Waals surface area contributed by atoms with Crippen LogP contribution in [0.1, 0.15) is 36.1 Å². The number of nitrogens with one attached hydrogen (secondary N) is 1. The van der Waals surface area contributed by atoms with Crippen molar-refractivity contribution in [3.05, 3.63) is 35.7 Å². The van der Waals surface area contributed by atoms with Crippen molar-refractivity contribution in [3.8, 4) is 0 Å². The third-order valence-corrected chi connectivity index (χ3v) is 5.11. The standard InChI is InChI=1S/C16H18N4OS2/c1-9(2)20-11(8-10(3)19-20)15(21)18-16-17-14-12(22-4)6-5-7-13(14)23-16/h5-9H,1-4H3,(H,17,18,21). The number of thiazole rings is 1. The van der Waals surface area contributed by atoms with E-state index in [4.69, 9.17) is 0 Å². The monoisotopic (exact) mass is 346 g/mol. The normalized spacial score (nSPS) is 11.3. The fraction of sp³-hybridized carbons (Fsp3) is 0.312. The molecule has 2 aromatic heterocycles. The van der Waals surface area contributed by atoms with Crippen LogP contribution in [0.25, 0.3) is 10.2 Å². The number of benzene rings is 1. The summed E-state index contributed by atoms with van der Waals surface area (Å²) < 4.78 is 2.81. The molecule has 0 bridgehead atoms. The van der Waals surface area contributed by atoms with Gasteiger partial charge in [0.05, 0.1) is 15.9 Å². The Bertz CT molecular complexity index is 866. The highest BCUT2D eigenvalue weighted by atomic mass is 32.2. The molecule has 5 nitrogen and oxygen atoms in total. The molecule has 0 unspecified atom stereocenters. The molecule has 120 valence electrons. The zero-order chi connectivity index (χ0) is 16.6.